The van der Waals surface area contributed by atoms with E-state index < -0.39 is 0 Å². The van der Waals surface area contributed by atoms with E-state index in [1.54, 1.807) is 28.6 Å². The zero-order valence-electron chi connectivity index (χ0n) is 11.7. The van der Waals surface area contributed by atoms with E-state index in [0.29, 0.717) is 5.75 Å². The molecule has 0 aliphatic carbocycles. The first-order valence-corrected chi connectivity index (χ1v) is 8.15. The Morgan fingerprint density at radius 2 is 2.15 bits per heavy atom. The molecule has 0 saturated carbocycles. The van der Waals surface area contributed by atoms with Crippen molar-refractivity contribution >= 4 is 29.0 Å². The van der Waals surface area contributed by atoms with E-state index in [9.17, 15) is 4.79 Å². The summed E-state index contributed by atoms with van der Waals surface area (Å²) in [5.74, 6) is 0.519. The molecule has 6 heteroatoms. The molecule has 0 spiro atoms. The van der Waals surface area contributed by atoms with Gasteiger partial charge < -0.3 is 4.90 Å². The zero-order valence-corrected chi connectivity index (χ0v) is 13.4. The van der Waals surface area contributed by atoms with Gasteiger partial charge in [-0.1, -0.05) is 11.8 Å². The van der Waals surface area contributed by atoms with Crippen LogP contribution in [-0.2, 0) is 4.79 Å². The zero-order chi connectivity index (χ0) is 14.5. The Hall–Kier alpha value is -1.40. The molecular weight excluding hydrogens is 290 g/mol. The summed E-state index contributed by atoms with van der Waals surface area (Å²) in [6.07, 6.45) is 3.49. The molecule has 2 aromatic rings. The Labute approximate surface area is 127 Å². The second-order valence-corrected chi connectivity index (χ2v) is 6.59. The van der Waals surface area contributed by atoms with Crippen LogP contribution in [0.25, 0.3) is 0 Å². The van der Waals surface area contributed by atoms with Crippen molar-refractivity contribution in [3.05, 3.63) is 41.2 Å². The fourth-order valence-electron chi connectivity index (χ4n) is 1.71. The molecule has 2 heterocycles. The number of carbonyl (C=O) groups is 1. The van der Waals surface area contributed by atoms with Gasteiger partial charge in [-0.2, -0.15) is 0 Å². The monoisotopic (exact) mass is 307 g/mol. The summed E-state index contributed by atoms with van der Waals surface area (Å²) in [6, 6.07) is 3.92. The molecule has 4 nitrogen and oxygen atoms in total. The average Bonchev–Trinajstić information content (AvgIpc) is 2.89. The predicted molar refractivity (Wildman–Crippen MR) is 83.0 cm³/mol. The number of nitrogens with zero attached hydrogens (tertiary/aromatic N) is 3. The SMILES string of the molecule is Cc1csc(SCC(=O)N(C)C(C)c2ccncc2)n1. The number of thiazole rings is 1. The molecule has 2 aromatic heterocycles. The fourth-order valence-corrected chi connectivity index (χ4v) is 3.48. The van der Waals surface area contributed by atoms with E-state index in [1.165, 1.54) is 11.8 Å². The molecule has 0 radical (unpaired) electrons. The Balaban J connectivity index is 1.91. The van der Waals surface area contributed by atoms with Crippen molar-refractivity contribution in [2.24, 2.45) is 0 Å². The maximum atomic E-state index is 12.2. The average molecular weight is 307 g/mol. The van der Waals surface area contributed by atoms with Crippen molar-refractivity contribution in [1.29, 1.82) is 0 Å². The molecule has 20 heavy (non-hydrogen) atoms. The predicted octanol–water partition coefficient (Wildman–Crippen LogP) is 3.16. The number of amides is 1. The third-order valence-electron chi connectivity index (χ3n) is 3.08. The summed E-state index contributed by atoms with van der Waals surface area (Å²) in [5.41, 5.74) is 2.09. The van der Waals surface area contributed by atoms with Crippen LogP contribution in [0.3, 0.4) is 0 Å². The minimum Gasteiger partial charge on any atom is -0.338 e. The van der Waals surface area contributed by atoms with Gasteiger partial charge in [0.05, 0.1) is 11.8 Å². The second-order valence-electron chi connectivity index (χ2n) is 4.50. The minimum atomic E-state index is 0.0455. The lowest BCUT2D eigenvalue weighted by molar-refractivity contribution is -0.128. The van der Waals surface area contributed by atoms with Gasteiger partial charge in [-0.05, 0) is 31.5 Å². The van der Waals surface area contributed by atoms with Gasteiger partial charge in [0.25, 0.3) is 0 Å². The van der Waals surface area contributed by atoms with Gasteiger partial charge in [-0.15, -0.1) is 11.3 Å². The number of aromatic nitrogens is 2. The van der Waals surface area contributed by atoms with Crippen LogP contribution in [0.5, 0.6) is 0 Å². The summed E-state index contributed by atoms with van der Waals surface area (Å²) in [4.78, 5) is 22.3. The summed E-state index contributed by atoms with van der Waals surface area (Å²) in [7, 11) is 1.83. The highest BCUT2D eigenvalue weighted by Crippen LogP contribution is 2.24. The van der Waals surface area contributed by atoms with Crippen LogP contribution in [0.4, 0.5) is 0 Å². The smallest absolute Gasteiger partial charge is 0.233 e. The molecule has 0 fully saturated rings. The van der Waals surface area contributed by atoms with Crippen LogP contribution < -0.4 is 0 Å². The van der Waals surface area contributed by atoms with Gasteiger partial charge >= 0.3 is 0 Å². The van der Waals surface area contributed by atoms with Crippen molar-refractivity contribution < 1.29 is 4.79 Å². The molecule has 0 bridgehead atoms. The Bertz CT molecular complexity index is 571. The standard InChI is InChI=1S/C14H17N3OS2/c1-10-8-19-14(16-10)20-9-13(18)17(3)11(2)12-4-6-15-7-5-12/h4-8,11H,9H2,1-3H3. The third-order valence-corrected chi connectivity index (χ3v) is 5.20. The van der Waals surface area contributed by atoms with Crippen LogP contribution in [0, 0.1) is 6.92 Å². The number of rotatable bonds is 5. The highest BCUT2D eigenvalue weighted by molar-refractivity contribution is 8.01. The minimum absolute atomic E-state index is 0.0455. The van der Waals surface area contributed by atoms with E-state index in [1.807, 2.05) is 38.4 Å². The van der Waals surface area contributed by atoms with E-state index in [0.717, 1.165) is 15.6 Å². The molecule has 0 aromatic carbocycles. The maximum Gasteiger partial charge on any atom is 0.233 e. The van der Waals surface area contributed by atoms with Crippen LogP contribution in [-0.4, -0.2) is 33.6 Å². The van der Waals surface area contributed by atoms with Crippen LogP contribution in [0.15, 0.2) is 34.2 Å². The number of aryl methyl sites for hydroxylation is 1. The summed E-state index contributed by atoms with van der Waals surface area (Å²) >= 11 is 3.08. The maximum absolute atomic E-state index is 12.2. The van der Waals surface area contributed by atoms with Crippen molar-refractivity contribution in [2.75, 3.05) is 12.8 Å². The quantitative estimate of drug-likeness (QED) is 0.796. The first-order chi connectivity index (χ1) is 9.58. The molecule has 0 saturated heterocycles. The van der Waals surface area contributed by atoms with Gasteiger partial charge in [-0.3, -0.25) is 9.78 Å². The molecule has 2 rings (SSSR count). The number of hydrogen-bond donors (Lipinski definition) is 0. The number of carbonyl (C=O) groups excluding carboxylic acids is 1. The number of pyridine rings is 1. The lowest BCUT2D eigenvalue weighted by atomic mass is 10.1. The molecule has 1 unspecified atom stereocenters. The lowest BCUT2D eigenvalue weighted by Crippen LogP contribution is -2.31. The molecular formula is C14H17N3OS2. The van der Waals surface area contributed by atoms with Crippen molar-refractivity contribution in [1.82, 2.24) is 14.9 Å². The summed E-state index contributed by atoms with van der Waals surface area (Å²) in [6.45, 7) is 3.98. The van der Waals surface area contributed by atoms with E-state index in [4.69, 9.17) is 0 Å². The summed E-state index contributed by atoms with van der Waals surface area (Å²) < 4.78 is 0.945. The normalized spacial score (nSPS) is 12.2. The number of hydrogen-bond acceptors (Lipinski definition) is 5. The fraction of sp³-hybridized carbons (Fsp3) is 0.357. The molecule has 1 atom stereocenters. The van der Waals surface area contributed by atoms with Crippen molar-refractivity contribution in [2.45, 2.75) is 24.2 Å². The largest absolute Gasteiger partial charge is 0.338 e. The Kier molecular flexibility index (Phi) is 5.14. The first kappa shape index (κ1) is 15.0. The van der Waals surface area contributed by atoms with Crippen LogP contribution in [0.1, 0.15) is 24.2 Å². The van der Waals surface area contributed by atoms with E-state index >= 15 is 0 Å². The Morgan fingerprint density at radius 3 is 2.75 bits per heavy atom. The highest BCUT2D eigenvalue weighted by atomic mass is 32.2. The Morgan fingerprint density at radius 1 is 1.45 bits per heavy atom. The van der Waals surface area contributed by atoms with E-state index in [2.05, 4.69) is 9.97 Å². The molecule has 0 aliphatic heterocycles. The number of thioether (sulfide) groups is 1. The molecule has 0 N–H and O–H groups in total. The lowest BCUT2D eigenvalue weighted by Gasteiger charge is -2.25. The summed E-state index contributed by atoms with van der Waals surface area (Å²) in [5, 5.41) is 2.00. The third kappa shape index (κ3) is 3.80. The molecule has 1 amide bonds. The first-order valence-electron chi connectivity index (χ1n) is 6.28. The van der Waals surface area contributed by atoms with Crippen LogP contribution >= 0.6 is 23.1 Å². The topological polar surface area (TPSA) is 46.1 Å². The van der Waals surface area contributed by atoms with Crippen molar-refractivity contribution in [3.8, 4) is 0 Å². The van der Waals surface area contributed by atoms with Gasteiger partial charge in [0.2, 0.25) is 5.91 Å². The van der Waals surface area contributed by atoms with E-state index in [-0.39, 0.29) is 11.9 Å². The molecule has 106 valence electrons. The van der Waals surface area contributed by atoms with Gasteiger partial charge in [0, 0.05) is 30.5 Å². The second kappa shape index (κ2) is 6.85. The van der Waals surface area contributed by atoms with Crippen molar-refractivity contribution in [3.63, 3.8) is 0 Å². The van der Waals surface area contributed by atoms with Gasteiger partial charge in [0.1, 0.15) is 0 Å². The van der Waals surface area contributed by atoms with Gasteiger partial charge in [0.15, 0.2) is 4.34 Å². The van der Waals surface area contributed by atoms with Crippen LogP contribution in [0.2, 0.25) is 0 Å². The van der Waals surface area contributed by atoms with Gasteiger partial charge in [-0.25, -0.2) is 4.98 Å². The highest BCUT2D eigenvalue weighted by Gasteiger charge is 2.17. The molecule has 0 aliphatic rings.